The zero-order valence-corrected chi connectivity index (χ0v) is 10.8. The van der Waals surface area contributed by atoms with Crippen LogP contribution in [0.1, 0.15) is 11.1 Å². The topological polar surface area (TPSA) is 35.2 Å². The summed E-state index contributed by atoms with van der Waals surface area (Å²) in [5.74, 6) is -0.592. The van der Waals surface area contributed by atoms with Gasteiger partial charge in [0.05, 0.1) is 5.02 Å². The first kappa shape index (κ1) is 13.8. The van der Waals surface area contributed by atoms with Crippen molar-refractivity contribution in [3.05, 3.63) is 64.2 Å². The van der Waals surface area contributed by atoms with Gasteiger partial charge < -0.3 is 10.5 Å². The van der Waals surface area contributed by atoms with E-state index in [0.29, 0.717) is 16.9 Å². The van der Waals surface area contributed by atoms with E-state index in [9.17, 15) is 8.78 Å². The average molecular weight is 284 g/mol. The number of rotatable bonds is 4. The molecular weight excluding hydrogens is 272 g/mol. The Morgan fingerprint density at radius 1 is 1.05 bits per heavy atom. The van der Waals surface area contributed by atoms with Crippen LogP contribution in [0.4, 0.5) is 8.78 Å². The van der Waals surface area contributed by atoms with Crippen molar-refractivity contribution in [1.82, 2.24) is 0 Å². The summed E-state index contributed by atoms with van der Waals surface area (Å²) in [5, 5.41) is 0.0310. The number of ether oxygens (including phenoxy) is 1. The molecule has 0 amide bonds. The first-order chi connectivity index (χ1) is 9.08. The van der Waals surface area contributed by atoms with Crippen molar-refractivity contribution in [3.63, 3.8) is 0 Å². The van der Waals surface area contributed by atoms with Gasteiger partial charge in [0.2, 0.25) is 0 Å². The van der Waals surface area contributed by atoms with Crippen LogP contribution in [0.2, 0.25) is 5.02 Å². The smallest absolute Gasteiger partial charge is 0.145 e. The fraction of sp³-hybridized carbons (Fsp3) is 0.143. The molecule has 0 aliphatic carbocycles. The predicted octanol–water partition coefficient (Wildman–Crippen LogP) is 3.66. The molecule has 2 aromatic rings. The van der Waals surface area contributed by atoms with Gasteiger partial charge in [-0.15, -0.1) is 0 Å². The van der Waals surface area contributed by atoms with Crippen LogP contribution in [0, 0.1) is 11.6 Å². The van der Waals surface area contributed by atoms with E-state index in [0.717, 1.165) is 0 Å². The van der Waals surface area contributed by atoms with E-state index in [1.165, 1.54) is 24.3 Å². The Labute approximate surface area is 114 Å². The summed E-state index contributed by atoms with van der Waals surface area (Å²) >= 11 is 5.56. The Kier molecular flexibility index (Phi) is 4.35. The van der Waals surface area contributed by atoms with Crippen molar-refractivity contribution in [1.29, 1.82) is 0 Å². The molecule has 0 aliphatic heterocycles. The van der Waals surface area contributed by atoms with Gasteiger partial charge in [-0.25, -0.2) is 8.78 Å². The largest absolute Gasteiger partial charge is 0.489 e. The molecule has 0 spiro atoms. The van der Waals surface area contributed by atoms with Crippen molar-refractivity contribution >= 4 is 11.6 Å². The Morgan fingerprint density at radius 3 is 2.47 bits per heavy atom. The molecule has 0 fully saturated rings. The summed E-state index contributed by atoms with van der Waals surface area (Å²) in [6, 6.07) is 8.61. The third-order valence-electron chi connectivity index (χ3n) is 2.55. The van der Waals surface area contributed by atoms with Gasteiger partial charge in [-0.2, -0.15) is 0 Å². The highest BCUT2D eigenvalue weighted by atomic mass is 35.5. The van der Waals surface area contributed by atoms with E-state index in [4.69, 9.17) is 22.1 Å². The second-order valence-electron chi connectivity index (χ2n) is 4.04. The Morgan fingerprint density at radius 2 is 1.79 bits per heavy atom. The number of hydrogen-bond donors (Lipinski definition) is 1. The molecule has 0 heterocycles. The van der Waals surface area contributed by atoms with Crippen molar-refractivity contribution in [2.45, 2.75) is 13.2 Å². The first-order valence-corrected chi connectivity index (χ1v) is 6.02. The lowest BCUT2D eigenvalue weighted by Gasteiger charge is -2.08. The summed E-state index contributed by atoms with van der Waals surface area (Å²) in [7, 11) is 0. The third kappa shape index (κ3) is 3.66. The highest BCUT2D eigenvalue weighted by Crippen LogP contribution is 2.21. The molecule has 0 atom stereocenters. The van der Waals surface area contributed by atoms with Crippen LogP contribution in [0.25, 0.3) is 0 Å². The maximum Gasteiger partial charge on any atom is 0.145 e. The van der Waals surface area contributed by atoms with E-state index in [1.54, 1.807) is 12.1 Å². The zero-order chi connectivity index (χ0) is 13.8. The molecule has 0 saturated carbocycles. The van der Waals surface area contributed by atoms with Crippen molar-refractivity contribution in [3.8, 4) is 5.75 Å². The number of halogens is 3. The van der Waals surface area contributed by atoms with E-state index in [2.05, 4.69) is 0 Å². The first-order valence-electron chi connectivity index (χ1n) is 5.65. The maximum atomic E-state index is 13.3. The Balaban J connectivity index is 2.09. The molecule has 100 valence electrons. The molecule has 2 aromatic carbocycles. The van der Waals surface area contributed by atoms with Gasteiger partial charge >= 0.3 is 0 Å². The molecule has 0 saturated heterocycles. The van der Waals surface area contributed by atoms with Crippen LogP contribution in [0.5, 0.6) is 5.75 Å². The van der Waals surface area contributed by atoms with E-state index < -0.39 is 5.82 Å². The summed E-state index contributed by atoms with van der Waals surface area (Å²) in [5.41, 5.74) is 6.78. The normalized spacial score (nSPS) is 10.5. The van der Waals surface area contributed by atoms with Gasteiger partial charge in [-0.3, -0.25) is 0 Å². The van der Waals surface area contributed by atoms with Gasteiger partial charge in [-0.1, -0.05) is 17.7 Å². The third-order valence-corrected chi connectivity index (χ3v) is 2.86. The standard InChI is InChI=1S/C14H12ClF2NO/c15-13-2-1-12(6-14(13)17)19-8-10-3-9(7-18)4-11(16)5-10/h1-6H,7-8,18H2. The van der Waals surface area contributed by atoms with Crippen LogP contribution < -0.4 is 10.5 Å². The van der Waals surface area contributed by atoms with Crippen molar-refractivity contribution in [2.75, 3.05) is 0 Å². The minimum atomic E-state index is -0.555. The van der Waals surface area contributed by atoms with Gasteiger partial charge in [0, 0.05) is 12.6 Å². The van der Waals surface area contributed by atoms with Crippen molar-refractivity contribution < 1.29 is 13.5 Å². The maximum absolute atomic E-state index is 13.3. The van der Waals surface area contributed by atoms with Crippen LogP contribution in [0.15, 0.2) is 36.4 Å². The average Bonchev–Trinajstić information content (AvgIpc) is 2.39. The molecule has 2 N–H and O–H groups in total. The predicted molar refractivity (Wildman–Crippen MR) is 70.0 cm³/mol. The Hall–Kier alpha value is -1.65. The lowest BCUT2D eigenvalue weighted by molar-refractivity contribution is 0.304. The van der Waals surface area contributed by atoms with E-state index in [1.807, 2.05) is 0 Å². The van der Waals surface area contributed by atoms with Crippen LogP contribution in [0.3, 0.4) is 0 Å². The molecule has 0 aromatic heterocycles. The molecule has 0 radical (unpaired) electrons. The molecule has 2 rings (SSSR count). The molecule has 0 bridgehead atoms. The highest BCUT2D eigenvalue weighted by molar-refractivity contribution is 6.30. The van der Waals surface area contributed by atoms with Crippen LogP contribution >= 0.6 is 11.6 Å². The monoisotopic (exact) mass is 283 g/mol. The lowest BCUT2D eigenvalue weighted by atomic mass is 10.1. The van der Waals surface area contributed by atoms with E-state index in [-0.39, 0.29) is 24.0 Å². The molecular formula is C14H12ClF2NO. The second-order valence-corrected chi connectivity index (χ2v) is 4.44. The Bertz CT molecular complexity index is 590. The summed E-state index contributed by atoms with van der Waals surface area (Å²) in [6.45, 7) is 0.381. The summed E-state index contributed by atoms with van der Waals surface area (Å²) in [6.07, 6.45) is 0. The minimum Gasteiger partial charge on any atom is -0.489 e. The number of nitrogens with two attached hydrogens (primary N) is 1. The van der Waals surface area contributed by atoms with E-state index >= 15 is 0 Å². The van der Waals surface area contributed by atoms with Gasteiger partial charge in [-0.05, 0) is 35.4 Å². The molecule has 19 heavy (non-hydrogen) atoms. The molecule has 0 aliphatic rings. The quantitative estimate of drug-likeness (QED) is 0.929. The van der Waals surface area contributed by atoms with Gasteiger partial charge in [0.15, 0.2) is 0 Å². The zero-order valence-electron chi connectivity index (χ0n) is 10.00. The molecule has 0 unspecified atom stereocenters. The SMILES string of the molecule is NCc1cc(F)cc(COc2ccc(Cl)c(F)c2)c1. The summed E-state index contributed by atoms with van der Waals surface area (Å²) in [4.78, 5) is 0. The fourth-order valence-corrected chi connectivity index (χ4v) is 1.77. The second kappa shape index (κ2) is 5.99. The van der Waals surface area contributed by atoms with Gasteiger partial charge in [0.25, 0.3) is 0 Å². The number of hydrogen-bond acceptors (Lipinski definition) is 2. The highest BCUT2D eigenvalue weighted by Gasteiger charge is 2.04. The minimum absolute atomic E-state index is 0.0310. The van der Waals surface area contributed by atoms with Crippen LogP contribution in [-0.4, -0.2) is 0 Å². The fourth-order valence-electron chi connectivity index (χ4n) is 1.65. The number of benzene rings is 2. The molecule has 2 nitrogen and oxygen atoms in total. The van der Waals surface area contributed by atoms with Crippen molar-refractivity contribution in [2.24, 2.45) is 5.73 Å². The van der Waals surface area contributed by atoms with Crippen LogP contribution in [-0.2, 0) is 13.2 Å². The lowest BCUT2D eigenvalue weighted by Crippen LogP contribution is -2.01. The summed E-state index contributed by atoms with van der Waals surface area (Å²) < 4.78 is 31.8. The molecule has 5 heteroatoms. The van der Waals surface area contributed by atoms with Gasteiger partial charge in [0.1, 0.15) is 24.0 Å².